The number of ketones is 1. The summed E-state index contributed by atoms with van der Waals surface area (Å²) in [6.07, 6.45) is 0. The molecule has 0 aliphatic heterocycles. The molecule has 0 unspecified atom stereocenters. The molecule has 2 aromatic carbocycles. The van der Waals surface area contributed by atoms with E-state index in [9.17, 15) is 4.79 Å². The molecule has 0 aliphatic carbocycles. The van der Waals surface area contributed by atoms with Crippen molar-refractivity contribution in [1.29, 1.82) is 0 Å². The standard InChI is InChI=1S/C17H18BrNO2/c1-9-7-12(5-6-14(9)19)16(20)15-11(3)13(18)8-10(2)17(15)21-4/h5-8H,19H2,1-4H3. The molecule has 2 aromatic rings. The number of hydrogen-bond donors (Lipinski definition) is 1. The summed E-state index contributed by atoms with van der Waals surface area (Å²) in [4.78, 5) is 12.9. The maximum Gasteiger partial charge on any atom is 0.197 e. The highest BCUT2D eigenvalue weighted by Gasteiger charge is 2.21. The van der Waals surface area contributed by atoms with Crippen LogP contribution in [0.5, 0.6) is 5.75 Å². The second-order valence-corrected chi connectivity index (χ2v) is 5.96. The van der Waals surface area contributed by atoms with Crippen molar-refractivity contribution in [3.05, 3.63) is 56.6 Å². The molecular formula is C17H18BrNO2. The highest BCUT2D eigenvalue weighted by molar-refractivity contribution is 9.10. The van der Waals surface area contributed by atoms with Crippen molar-refractivity contribution in [3.8, 4) is 5.75 Å². The molecule has 0 aliphatic rings. The minimum Gasteiger partial charge on any atom is -0.496 e. The molecule has 110 valence electrons. The van der Waals surface area contributed by atoms with Crippen molar-refractivity contribution in [2.24, 2.45) is 0 Å². The topological polar surface area (TPSA) is 52.3 Å². The van der Waals surface area contributed by atoms with Crippen molar-refractivity contribution >= 4 is 27.4 Å². The molecule has 0 spiro atoms. The first-order valence-electron chi connectivity index (χ1n) is 6.61. The van der Waals surface area contributed by atoms with E-state index in [2.05, 4.69) is 15.9 Å². The molecule has 0 saturated heterocycles. The van der Waals surface area contributed by atoms with Crippen LogP contribution >= 0.6 is 15.9 Å². The van der Waals surface area contributed by atoms with E-state index in [-0.39, 0.29) is 5.78 Å². The van der Waals surface area contributed by atoms with Crippen molar-refractivity contribution in [2.75, 3.05) is 12.8 Å². The molecule has 4 heteroatoms. The van der Waals surface area contributed by atoms with Crippen molar-refractivity contribution in [3.63, 3.8) is 0 Å². The summed E-state index contributed by atoms with van der Waals surface area (Å²) in [7, 11) is 1.58. The fraction of sp³-hybridized carbons (Fsp3) is 0.235. The zero-order chi connectivity index (χ0) is 15.7. The molecular weight excluding hydrogens is 330 g/mol. The van der Waals surface area contributed by atoms with Gasteiger partial charge in [-0.2, -0.15) is 0 Å². The van der Waals surface area contributed by atoms with Crippen molar-refractivity contribution < 1.29 is 9.53 Å². The minimum absolute atomic E-state index is 0.0585. The Bertz CT molecular complexity index is 723. The number of hydrogen-bond acceptors (Lipinski definition) is 3. The first-order valence-corrected chi connectivity index (χ1v) is 7.40. The normalized spacial score (nSPS) is 10.5. The van der Waals surface area contributed by atoms with E-state index in [1.807, 2.05) is 32.9 Å². The maximum absolute atomic E-state index is 12.9. The average Bonchev–Trinajstić information content (AvgIpc) is 2.44. The maximum atomic E-state index is 12.9. The van der Waals surface area contributed by atoms with Crippen LogP contribution in [0.15, 0.2) is 28.7 Å². The predicted octanol–water partition coefficient (Wildman–Crippen LogP) is 4.20. The van der Waals surface area contributed by atoms with Gasteiger partial charge in [0.2, 0.25) is 0 Å². The summed E-state index contributed by atoms with van der Waals surface area (Å²) in [5.41, 5.74) is 10.4. The molecule has 0 fully saturated rings. The first-order chi connectivity index (χ1) is 9.86. The number of anilines is 1. The van der Waals surface area contributed by atoms with Crippen LogP contribution in [0.25, 0.3) is 0 Å². The molecule has 0 amide bonds. The fourth-order valence-electron chi connectivity index (χ4n) is 2.35. The van der Waals surface area contributed by atoms with Crippen LogP contribution in [0.1, 0.15) is 32.6 Å². The summed E-state index contributed by atoms with van der Waals surface area (Å²) in [5, 5.41) is 0. The van der Waals surface area contributed by atoms with Crippen LogP contribution in [-0.4, -0.2) is 12.9 Å². The van der Waals surface area contributed by atoms with Crippen LogP contribution in [0, 0.1) is 20.8 Å². The molecule has 0 radical (unpaired) electrons. The van der Waals surface area contributed by atoms with Gasteiger partial charge in [0.15, 0.2) is 5.78 Å². The van der Waals surface area contributed by atoms with Gasteiger partial charge in [-0.05, 0) is 61.7 Å². The Labute approximate surface area is 133 Å². The van der Waals surface area contributed by atoms with Crippen molar-refractivity contribution in [2.45, 2.75) is 20.8 Å². The molecule has 0 atom stereocenters. The van der Waals surface area contributed by atoms with E-state index in [0.29, 0.717) is 22.6 Å². The summed E-state index contributed by atoms with van der Waals surface area (Å²) >= 11 is 3.50. The molecule has 0 bridgehead atoms. The Kier molecular flexibility index (Phi) is 4.37. The number of methoxy groups -OCH3 is 1. The molecule has 0 heterocycles. The van der Waals surface area contributed by atoms with Crippen LogP contribution in [0.4, 0.5) is 5.69 Å². The Morgan fingerprint density at radius 2 is 1.81 bits per heavy atom. The number of nitrogen functional groups attached to an aromatic ring is 1. The second kappa shape index (κ2) is 5.90. The number of aryl methyl sites for hydroxylation is 2. The molecule has 3 nitrogen and oxygen atoms in total. The SMILES string of the molecule is COc1c(C)cc(Br)c(C)c1C(=O)c1ccc(N)c(C)c1. The van der Waals surface area contributed by atoms with Gasteiger partial charge in [0.25, 0.3) is 0 Å². The van der Waals surface area contributed by atoms with Gasteiger partial charge in [-0.1, -0.05) is 15.9 Å². The van der Waals surface area contributed by atoms with E-state index in [0.717, 1.165) is 21.2 Å². The lowest BCUT2D eigenvalue weighted by Crippen LogP contribution is -2.09. The first kappa shape index (κ1) is 15.6. The Morgan fingerprint density at radius 3 is 2.38 bits per heavy atom. The van der Waals surface area contributed by atoms with Crippen LogP contribution in [0.2, 0.25) is 0 Å². The number of rotatable bonds is 3. The molecule has 2 N–H and O–H groups in total. The zero-order valence-electron chi connectivity index (χ0n) is 12.6. The minimum atomic E-state index is -0.0585. The highest BCUT2D eigenvalue weighted by Crippen LogP contribution is 2.34. The second-order valence-electron chi connectivity index (χ2n) is 5.11. The van der Waals surface area contributed by atoms with Crippen LogP contribution in [0.3, 0.4) is 0 Å². The van der Waals surface area contributed by atoms with E-state index in [1.165, 1.54) is 0 Å². The average molecular weight is 348 g/mol. The number of nitrogens with two attached hydrogens (primary N) is 1. The summed E-state index contributed by atoms with van der Waals surface area (Å²) in [5.74, 6) is 0.562. The van der Waals surface area contributed by atoms with Gasteiger partial charge in [-0.25, -0.2) is 0 Å². The summed E-state index contributed by atoms with van der Waals surface area (Å²) in [6.45, 7) is 5.72. The lowest BCUT2D eigenvalue weighted by Gasteiger charge is -2.15. The van der Waals surface area contributed by atoms with E-state index in [1.54, 1.807) is 19.2 Å². The van der Waals surface area contributed by atoms with Crippen molar-refractivity contribution in [1.82, 2.24) is 0 Å². The van der Waals surface area contributed by atoms with Gasteiger partial charge in [0.1, 0.15) is 5.75 Å². The lowest BCUT2D eigenvalue weighted by atomic mass is 9.95. The third-order valence-electron chi connectivity index (χ3n) is 3.62. The number of carbonyl (C=O) groups is 1. The van der Waals surface area contributed by atoms with E-state index in [4.69, 9.17) is 10.5 Å². The van der Waals surface area contributed by atoms with Gasteiger partial charge in [-0.3, -0.25) is 4.79 Å². The third kappa shape index (κ3) is 2.81. The molecule has 21 heavy (non-hydrogen) atoms. The summed E-state index contributed by atoms with van der Waals surface area (Å²) < 4.78 is 6.34. The Hall–Kier alpha value is -1.81. The third-order valence-corrected chi connectivity index (χ3v) is 4.45. The Balaban J connectivity index is 2.65. The molecule has 2 rings (SSSR count). The quantitative estimate of drug-likeness (QED) is 0.668. The van der Waals surface area contributed by atoms with E-state index >= 15 is 0 Å². The Morgan fingerprint density at radius 1 is 1.14 bits per heavy atom. The molecule has 0 aromatic heterocycles. The zero-order valence-corrected chi connectivity index (χ0v) is 14.2. The van der Waals surface area contributed by atoms with Gasteiger partial charge >= 0.3 is 0 Å². The summed E-state index contributed by atoms with van der Waals surface area (Å²) in [6, 6.07) is 7.28. The van der Waals surface area contributed by atoms with Gasteiger partial charge in [0.05, 0.1) is 12.7 Å². The van der Waals surface area contributed by atoms with E-state index < -0.39 is 0 Å². The number of halogens is 1. The van der Waals surface area contributed by atoms with Crippen LogP contribution < -0.4 is 10.5 Å². The van der Waals surface area contributed by atoms with Gasteiger partial charge in [-0.15, -0.1) is 0 Å². The number of carbonyl (C=O) groups excluding carboxylic acids is 1. The number of benzene rings is 2. The van der Waals surface area contributed by atoms with Gasteiger partial charge in [0, 0.05) is 15.7 Å². The number of ether oxygens (including phenoxy) is 1. The highest BCUT2D eigenvalue weighted by atomic mass is 79.9. The predicted molar refractivity (Wildman–Crippen MR) is 89.2 cm³/mol. The lowest BCUT2D eigenvalue weighted by molar-refractivity contribution is 0.103. The smallest absolute Gasteiger partial charge is 0.197 e. The molecule has 0 saturated carbocycles. The monoisotopic (exact) mass is 347 g/mol. The van der Waals surface area contributed by atoms with Crippen LogP contribution in [-0.2, 0) is 0 Å². The fourth-order valence-corrected chi connectivity index (χ4v) is 2.89. The largest absolute Gasteiger partial charge is 0.496 e. The van der Waals surface area contributed by atoms with Gasteiger partial charge < -0.3 is 10.5 Å².